The summed E-state index contributed by atoms with van der Waals surface area (Å²) in [5.41, 5.74) is -1.87. The van der Waals surface area contributed by atoms with Gasteiger partial charge in [-0.3, -0.25) is 18.9 Å². The van der Waals surface area contributed by atoms with E-state index in [0.717, 1.165) is 10.8 Å². The first-order valence-electron chi connectivity index (χ1n) is 8.29. The van der Waals surface area contributed by atoms with Crippen molar-refractivity contribution in [3.63, 3.8) is 0 Å². The zero-order valence-electron chi connectivity index (χ0n) is 15.1. The van der Waals surface area contributed by atoms with Gasteiger partial charge in [-0.05, 0) is 27.7 Å². The molecule has 1 fully saturated rings. The van der Waals surface area contributed by atoms with E-state index in [4.69, 9.17) is 18.5 Å². The van der Waals surface area contributed by atoms with Gasteiger partial charge in [0.25, 0.3) is 5.56 Å². The van der Waals surface area contributed by atoms with E-state index in [1.807, 2.05) is 4.98 Å². The number of nitrogens with one attached hydrogen (secondary N) is 1. The van der Waals surface area contributed by atoms with Crippen molar-refractivity contribution in [2.75, 3.05) is 13.0 Å². The molecule has 1 aromatic rings. The summed E-state index contributed by atoms with van der Waals surface area (Å²) in [5.74, 6) is -1.09. The first kappa shape index (κ1) is 21.0. The van der Waals surface area contributed by atoms with Crippen LogP contribution in [0.15, 0.2) is 15.8 Å². The quantitative estimate of drug-likeness (QED) is 0.672. The highest BCUT2D eigenvalue weighted by atomic mass is 31.2. The van der Waals surface area contributed by atoms with Crippen molar-refractivity contribution in [3.8, 4) is 0 Å². The molecule has 0 aliphatic carbocycles. The van der Waals surface area contributed by atoms with Crippen molar-refractivity contribution in [2.24, 2.45) is 0 Å². The van der Waals surface area contributed by atoms with Gasteiger partial charge in [0, 0.05) is 6.42 Å². The van der Waals surface area contributed by atoms with Gasteiger partial charge in [-0.1, -0.05) is 0 Å². The van der Waals surface area contributed by atoms with E-state index >= 15 is 0 Å². The summed E-state index contributed by atoms with van der Waals surface area (Å²) < 4.78 is 48.9. The molecule has 0 saturated carbocycles. The number of hydrogen-bond donors (Lipinski definition) is 1. The number of aromatic nitrogens is 2. The Labute approximate surface area is 149 Å². The van der Waals surface area contributed by atoms with Crippen molar-refractivity contribution in [2.45, 2.75) is 58.7 Å². The van der Waals surface area contributed by atoms with Gasteiger partial charge in [-0.2, -0.15) is 4.39 Å². The second-order valence-corrected chi connectivity index (χ2v) is 8.41. The first-order valence-corrected chi connectivity index (χ1v) is 10.0. The number of H-pyrrole nitrogens is 1. The van der Waals surface area contributed by atoms with Crippen LogP contribution in [0.3, 0.4) is 0 Å². The van der Waals surface area contributed by atoms with Crippen LogP contribution in [0.5, 0.6) is 0 Å². The topological polar surface area (TPSA) is 109 Å². The van der Waals surface area contributed by atoms with E-state index in [9.17, 15) is 18.5 Å². The predicted molar refractivity (Wildman–Crippen MR) is 90.7 cm³/mol. The Hall–Kier alpha value is -1.32. The van der Waals surface area contributed by atoms with Crippen LogP contribution >= 0.6 is 7.60 Å². The predicted octanol–water partition coefficient (Wildman–Crippen LogP) is 1.98. The Morgan fingerprint density at radius 2 is 1.92 bits per heavy atom. The third kappa shape index (κ3) is 5.59. The second-order valence-electron chi connectivity index (χ2n) is 6.50. The van der Waals surface area contributed by atoms with Gasteiger partial charge in [-0.15, -0.1) is 0 Å². The Balaban J connectivity index is 2.00. The van der Waals surface area contributed by atoms with E-state index < -0.39 is 37.0 Å². The molecule has 9 nitrogen and oxygen atoms in total. The van der Waals surface area contributed by atoms with Crippen molar-refractivity contribution >= 4 is 7.60 Å². The summed E-state index contributed by atoms with van der Waals surface area (Å²) in [6.45, 7) is 7.07. The van der Waals surface area contributed by atoms with Crippen LogP contribution in [0, 0.1) is 5.82 Å². The van der Waals surface area contributed by atoms with Crippen LogP contribution in [-0.4, -0.2) is 40.8 Å². The van der Waals surface area contributed by atoms with Gasteiger partial charge in [0.2, 0.25) is 5.82 Å². The number of halogens is 1. The van der Waals surface area contributed by atoms with Gasteiger partial charge in [-0.25, -0.2) is 4.79 Å². The van der Waals surface area contributed by atoms with Crippen molar-refractivity contribution in [1.29, 1.82) is 0 Å². The Morgan fingerprint density at radius 3 is 2.50 bits per heavy atom. The fourth-order valence-electron chi connectivity index (χ4n) is 2.49. The smallest absolute Gasteiger partial charge is 0.356 e. The molecule has 2 rings (SSSR count). The summed E-state index contributed by atoms with van der Waals surface area (Å²) in [7, 11) is -3.45. The molecular weight excluding hydrogens is 370 g/mol. The van der Waals surface area contributed by atoms with Crippen LogP contribution in [0.2, 0.25) is 0 Å². The monoisotopic (exact) mass is 394 g/mol. The minimum atomic E-state index is -3.45. The molecule has 1 N–H and O–H groups in total. The Kier molecular flexibility index (Phi) is 6.92. The molecule has 0 radical (unpaired) electrons. The highest BCUT2D eigenvalue weighted by Crippen LogP contribution is 2.51. The van der Waals surface area contributed by atoms with Crippen LogP contribution in [0.4, 0.5) is 4.39 Å². The maximum atomic E-state index is 13.4. The van der Waals surface area contributed by atoms with Gasteiger partial charge in [0.1, 0.15) is 12.6 Å². The Bertz CT molecular complexity index is 762. The van der Waals surface area contributed by atoms with Crippen LogP contribution in [0.25, 0.3) is 0 Å². The van der Waals surface area contributed by atoms with Gasteiger partial charge in [0.05, 0.1) is 31.1 Å². The molecule has 0 spiro atoms. The SMILES string of the molecule is CC(C)OP(=O)(CO[C@H]1CO[C@@H](n2cc(F)c(=O)[nH]c2=O)C1)OC(C)C. The highest BCUT2D eigenvalue weighted by Gasteiger charge is 2.33. The third-order valence-corrected chi connectivity index (χ3v) is 5.34. The van der Waals surface area contributed by atoms with E-state index in [1.54, 1.807) is 27.7 Å². The minimum Gasteiger partial charge on any atom is -0.363 e. The average molecular weight is 394 g/mol. The summed E-state index contributed by atoms with van der Waals surface area (Å²) in [4.78, 5) is 24.7. The molecule has 0 bridgehead atoms. The standard InChI is InChI=1S/C15H24FN2O7P/c1-9(2)24-26(21,25-10(3)4)8-23-11-5-13(22-7-11)18-6-12(16)14(19)17-15(18)20/h6,9-11,13H,5,7-8H2,1-4H3,(H,17,19,20)/t11-,13-/m1/s1. The molecule has 1 saturated heterocycles. The molecule has 11 heteroatoms. The van der Waals surface area contributed by atoms with E-state index in [-0.39, 0.29) is 31.6 Å². The molecule has 148 valence electrons. The van der Waals surface area contributed by atoms with Crippen molar-refractivity contribution in [1.82, 2.24) is 9.55 Å². The van der Waals surface area contributed by atoms with Gasteiger partial charge in [0.15, 0.2) is 0 Å². The summed E-state index contributed by atoms with van der Waals surface area (Å²) >= 11 is 0. The summed E-state index contributed by atoms with van der Waals surface area (Å²) in [6, 6.07) is 0. The lowest BCUT2D eigenvalue weighted by Crippen LogP contribution is -2.33. The number of rotatable bonds is 8. The largest absolute Gasteiger partial charge is 0.363 e. The van der Waals surface area contributed by atoms with Crippen LogP contribution < -0.4 is 11.2 Å². The lowest BCUT2D eigenvalue weighted by atomic mass is 10.3. The van der Waals surface area contributed by atoms with Gasteiger partial charge < -0.3 is 18.5 Å². The molecule has 1 aliphatic heterocycles. The highest BCUT2D eigenvalue weighted by molar-refractivity contribution is 7.53. The number of ether oxygens (including phenoxy) is 2. The first-order chi connectivity index (χ1) is 12.1. The van der Waals surface area contributed by atoms with Crippen molar-refractivity contribution in [3.05, 3.63) is 32.9 Å². The van der Waals surface area contributed by atoms with Crippen LogP contribution in [-0.2, 0) is 23.1 Å². The fraction of sp³-hybridized carbons (Fsp3) is 0.733. The average Bonchev–Trinajstić information content (AvgIpc) is 2.96. The maximum Gasteiger partial charge on any atom is 0.356 e. The van der Waals surface area contributed by atoms with E-state index in [0.29, 0.717) is 0 Å². The number of hydrogen-bond acceptors (Lipinski definition) is 7. The number of aromatic amines is 1. The summed E-state index contributed by atoms with van der Waals surface area (Å²) in [5, 5.41) is 0. The molecule has 1 aliphatic rings. The lowest BCUT2D eigenvalue weighted by Gasteiger charge is -2.23. The maximum absolute atomic E-state index is 13.4. The molecule has 0 unspecified atom stereocenters. The van der Waals surface area contributed by atoms with E-state index in [1.165, 1.54) is 0 Å². The normalized spacial score (nSPS) is 21.0. The molecule has 1 aromatic heterocycles. The lowest BCUT2D eigenvalue weighted by molar-refractivity contribution is 0.0273. The number of nitrogens with zero attached hydrogens (tertiary/aromatic N) is 1. The molecular formula is C15H24FN2O7P. The zero-order chi connectivity index (χ0) is 19.5. The molecule has 0 amide bonds. The molecule has 2 atom stereocenters. The fourth-order valence-corrected chi connectivity index (χ4v) is 4.34. The molecule has 2 heterocycles. The second kappa shape index (κ2) is 8.58. The Morgan fingerprint density at radius 1 is 1.31 bits per heavy atom. The zero-order valence-corrected chi connectivity index (χ0v) is 16.0. The molecule has 0 aromatic carbocycles. The van der Waals surface area contributed by atoms with Gasteiger partial charge >= 0.3 is 13.3 Å². The minimum absolute atomic E-state index is 0.112. The summed E-state index contributed by atoms with van der Waals surface area (Å²) in [6.07, 6.45) is -1.15. The van der Waals surface area contributed by atoms with Crippen molar-refractivity contribution < 1.29 is 27.5 Å². The van der Waals surface area contributed by atoms with Crippen LogP contribution in [0.1, 0.15) is 40.3 Å². The third-order valence-electron chi connectivity index (χ3n) is 3.38. The van der Waals surface area contributed by atoms with E-state index in [2.05, 4.69) is 0 Å². The molecule has 26 heavy (non-hydrogen) atoms.